The number of piperazine rings is 1. The SMILES string of the molecule is CCCN(C(=N)N)N1CCNCC1. The van der Waals surface area contributed by atoms with E-state index in [1.807, 2.05) is 5.01 Å². The van der Waals surface area contributed by atoms with E-state index in [2.05, 4.69) is 17.2 Å². The fourth-order valence-corrected chi connectivity index (χ4v) is 1.52. The number of guanidine groups is 1. The summed E-state index contributed by atoms with van der Waals surface area (Å²) in [4.78, 5) is 0. The van der Waals surface area contributed by atoms with Crippen LogP contribution in [-0.2, 0) is 0 Å². The van der Waals surface area contributed by atoms with Crippen molar-refractivity contribution in [3.05, 3.63) is 0 Å². The number of nitrogens with one attached hydrogen (secondary N) is 2. The van der Waals surface area contributed by atoms with Crippen LogP contribution in [0.3, 0.4) is 0 Å². The van der Waals surface area contributed by atoms with E-state index in [0.29, 0.717) is 0 Å². The quantitative estimate of drug-likeness (QED) is 0.406. The Morgan fingerprint density at radius 3 is 2.62 bits per heavy atom. The zero-order chi connectivity index (χ0) is 9.68. The Balaban J connectivity index is 2.46. The second-order valence-electron chi connectivity index (χ2n) is 3.21. The van der Waals surface area contributed by atoms with Crippen LogP contribution in [0.1, 0.15) is 13.3 Å². The molecule has 0 bridgehead atoms. The van der Waals surface area contributed by atoms with Gasteiger partial charge in [0.05, 0.1) is 0 Å². The summed E-state index contributed by atoms with van der Waals surface area (Å²) in [6.45, 7) is 6.79. The highest BCUT2D eigenvalue weighted by Gasteiger charge is 2.17. The molecule has 1 heterocycles. The van der Waals surface area contributed by atoms with Crippen LogP contribution >= 0.6 is 0 Å². The molecule has 0 amide bonds. The Labute approximate surface area is 79.4 Å². The minimum atomic E-state index is 0.156. The average molecular weight is 185 g/mol. The zero-order valence-corrected chi connectivity index (χ0v) is 8.21. The molecule has 0 spiro atoms. The van der Waals surface area contributed by atoms with Gasteiger partial charge in [0.15, 0.2) is 0 Å². The summed E-state index contributed by atoms with van der Waals surface area (Å²) in [6, 6.07) is 0. The van der Waals surface area contributed by atoms with Crippen molar-refractivity contribution >= 4 is 5.96 Å². The largest absolute Gasteiger partial charge is 0.369 e. The van der Waals surface area contributed by atoms with Gasteiger partial charge >= 0.3 is 0 Å². The van der Waals surface area contributed by atoms with Crippen molar-refractivity contribution in [3.8, 4) is 0 Å². The molecule has 13 heavy (non-hydrogen) atoms. The maximum Gasteiger partial charge on any atom is 0.203 e. The van der Waals surface area contributed by atoms with Gasteiger partial charge in [-0.2, -0.15) is 0 Å². The first-order chi connectivity index (χ1) is 6.25. The molecule has 76 valence electrons. The second kappa shape index (κ2) is 5.04. The lowest BCUT2D eigenvalue weighted by Crippen LogP contribution is -2.56. The van der Waals surface area contributed by atoms with Gasteiger partial charge in [-0.3, -0.25) is 10.4 Å². The van der Waals surface area contributed by atoms with Gasteiger partial charge in [-0.1, -0.05) is 6.92 Å². The van der Waals surface area contributed by atoms with Gasteiger partial charge in [0.25, 0.3) is 0 Å². The van der Waals surface area contributed by atoms with Crippen molar-refractivity contribution in [2.24, 2.45) is 5.73 Å². The monoisotopic (exact) mass is 185 g/mol. The highest BCUT2D eigenvalue weighted by molar-refractivity contribution is 5.74. The summed E-state index contributed by atoms with van der Waals surface area (Å²) < 4.78 is 0. The second-order valence-corrected chi connectivity index (χ2v) is 3.21. The summed E-state index contributed by atoms with van der Waals surface area (Å²) in [7, 11) is 0. The molecule has 0 aliphatic carbocycles. The smallest absolute Gasteiger partial charge is 0.203 e. The molecule has 0 radical (unpaired) electrons. The van der Waals surface area contributed by atoms with Crippen LogP contribution in [0.4, 0.5) is 0 Å². The molecule has 0 aromatic rings. The van der Waals surface area contributed by atoms with Gasteiger partial charge in [-0.15, -0.1) is 0 Å². The molecule has 4 N–H and O–H groups in total. The fraction of sp³-hybridized carbons (Fsp3) is 0.875. The molecule has 1 aliphatic heterocycles. The predicted molar refractivity (Wildman–Crippen MR) is 53.4 cm³/mol. The first kappa shape index (κ1) is 10.3. The van der Waals surface area contributed by atoms with Gasteiger partial charge in [0.1, 0.15) is 0 Å². The molecule has 5 heteroatoms. The van der Waals surface area contributed by atoms with Gasteiger partial charge in [-0.05, 0) is 6.42 Å². The van der Waals surface area contributed by atoms with E-state index < -0.39 is 0 Å². The van der Waals surface area contributed by atoms with Crippen LogP contribution in [0.15, 0.2) is 0 Å². The van der Waals surface area contributed by atoms with E-state index in [4.69, 9.17) is 11.1 Å². The minimum Gasteiger partial charge on any atom is -0.369 e. The van der Waals surface area contributed by atoms with Crippen molar-refractivity contribution in [3.63, 3.8) is 0 Å². The van der Waals surface area contributed by atoms with Gasteiger partial charge in [-0.25, -0.2) is 5.01 Å². The number of hydrogen-bond acceptors (Lipinski definition) is 3. The highest BCUT2D eigenvalue weighted by atomic mass is 15.7. The number of hydrogen-bond donors (Lipinski definition) is 3. The summed E-state index contributed by atoms with van der Waals surface area (Å²) in [5.74, 6) is 0.156. The number of nitrogens with two attached hydrogens (primary N) is 1. The van der Waals surface area contributed by atoms with E-state index in [-0.39, 0.29) is 5.96 Å². The van der Waals surface area contributed by atoms with Crippen LogP contribution < -0.4 is 11.1 Å². The molecular formula is C8H19N5. The van der Waals surface area contributed by atoms with E-state index in [1.165, 1.54) is 0 Å². The third-order valence-corrected chi connectivity index (χ3v) is 2.15. The van der Waals surface area contributed by atoms with Crippen LogP contribution in [0.5, 0.6) is 0 Å². The maximum absolute atomic E-state index is 7.43. The summed E-state index contributed by atoms with van der Waals surface area (Å²) in [5, 5.41) is 14.7. The van der Waals surface area contributed by atoms with Crippen molar-refractivity contribution in [2.45, 2.75) is 13.3 Å². The predicted octanol–water partition coefficient (Wildman–Crippen LogP) is -0.588. The maximum atomic E-state index is 7.43. The van der Waals surface area contributed by atoms with Crippen molar-refractivity contribution in [2.75, 3.05) is 32.7 Å². The lowest BCUT2D eigenvalue weighted by Gasteiger charge is -2.37. The molecule has 1 aliphatic rings. The first-order valence-electron chi connectivity index (χ1n) is 4.83. The molecule has 5 nitrogen and oxygen atoms in total. The molecule has 0 unspecified atom stereocenters. The average Bonchev–Trinajstić information content (AvgIpc) is 2.15. The van der Waals surface area contributed by atoms with E-state index >= 15 is 0 Å². The lowest BCUT2D eigenvalue weighted by atomic mass is 10.4. The third-order valence-electron chi connectivity index (χ3n) is 2.15. The zero-order valence-electron chi connectivity index (χ0n) is 8.21. The normalized spacial score (nSPS) is 18.5. The Morgan fingerprint density at radius 2 is 2.15 bits per heavy atom. The summed E-state index contributed by atoms with van der Waals surface area (Å²) in [6.07, 6.45) is 1.02. The molecule has 0 aromatic carbocycles. The molecule has 1 saturated heterocycles. The van der Waals surface area contributed by atoms with Crippen LogP contribution in [0, 0.1) is 5.41 Å². The minimum absolute atomic E-state index is 0.156. The third kappa shape index (κ3) is 2.86. The number of nitrogens with zero attached hydrogens (tertiary/aromatic N) is 2. The van der Waals surface area contributed by atoms with Crippen molar-refractivity contribution in [1.29, 1.82) is 5.41 Å². The van der Waals surface area contributed by atoms with Gasteiger partial charge < -0.3 is 11.1 Å². The van der Waals surface area contributed by atoms with Crippen molar-refractivity contribution < 1.29 is 0 Å². The van der Waals surface area contributed by atoms with Gasteiger partial charge in [0.2, 0.25) is 5.96 Å². The Bertz CT molecular complexity index is 164. The Morgan fingerprint density at radius 1 is 1.54 bits per heavy atom. The molecule has 0 saturated carbocycles. The van der Waals surface area contributed by atoms with E-state index in [9.17, 15) is 0 Å². The lowest BCUT2D eigenvalue weighted by molar-refractivity contribution is 0.0301. The van der Waals surface area contributed by atoms with E-state index in [1.54, 1.807) is 0 Å². The van der Waals surface area contributed by atoms with E-state index in [0.717, 1.165) is 39.1 Å². The highest BCUT2D eigenvalue weighted by Crippen LogP contribution is 2.00. The van der Waals surface area contributed by atoms with Crippen LogP contribution in [0.2, 0.25) is 0 Å². The van der Waals surface area contributed by atoms with Crippen molar-refractivity contribution in [1.82, 2.24) is 15.3 Å². The van der Waals surface area contributed by atoms with Gasteiger partial charge in [0, 0.05) is 32.7 Å². The van der Waals surface area contributed by atoms with Crippen LogP contribution in [-0.4, -0.2) is 48.7 Å². The summed E-state index contributed by atoms with van der Waals surface area (Å²) in [5.41, 5.74) is 5.50. The first-order valence-corrected chi connectivity index (χ1v) is 4.83. The Kier molecular flexibility index (Phi) is 3.98. The number of hydrazine groups is 1. The summed E-state index contributed by atoms with van der Waals surface area (Å²) >= 11 is 0. The standard InChI is InChI=1S/C8H19N5/c1-2-5-13(8(9)10)12-6-3-11-4-7-12/h11H,2-7H2,1H3,(H3,9,10). The molecule has 1 rings (SSSR count). The molecule has 1 fully saturated rings. The molecule has 0 aromatic heterocycles. The topological polar surface area (TPSA) is 68.4 Å². The Hall–Kier alpha value is -0.810. The van der Waals surface area contributed by atoms with Crippen LogP contribution in [0.25, 0.3) is 0 Å². The fourth-order valence-electron chi connectivity index (χ4n) is 1.52. The molecular weight excluding hydrogens is 166 g/mol. The molecule has 0 atom stereocenters. The number of rotatable bonds is 3.